The van der Waals surface area contributed by atoms with Crippen molar-refractivity contribution in [1.29, 1.82) is 0 Å². The molecule has 0 saturated heterocycles. The van der Waals surface area contributed by atoms with E-state index < -0.39 is 14.1 Å². The van der Waals surface area contributed by atoms with E-state index in [4.69, 9.17) is 48.7 Å². The maximum atomic E-state index is 13.6. The van der Waals surface area contributed by atoms with Gasteiger partial charge in [0.25, 0.3) is 15.7 Å². The molecule has 3 aromatic carbocycles. The number of rotatable bonds is 16. The molecule has 1 N–H and O–H groups in total. The lowest BCUT2D eigenvalue weighted by Gasteiger charge is -2.13. The van der Waals surface area contributed by atoms with Crippen LogP contribution in [0.5, 0.6) is 5.75 Å². The van der Waals surface area contributed by atoms with Gasteiger partial charge in [0.05, 0.1) is 45.6 Å². The number of benzene rings is 3. The Morgan fingerprint density at radius 1 is 0.894 bits per heavy atom. The second-order valence-corrected chi connectivity index (χ2v) is 18.5. The highest BCUT2D eigenvalue weighted by atomic mass is 35.5. The summed E-state index contributed by atoms with van der Waals surface area (Å²) < 4.78 is 35.2. The van der Waals surface area contributed by atoms with Gasteiger partial charge in [-0.3, -0.25) is 13.5 Å². The molecule has 5 rings (SSSR count). The summed E-state index contributed by atoms with van der Waals surface area (Å²) in [6.45, 7) is 0.213. The Labute approximate surface area is 292 Å². The van der Waals surface area contributed by atoms with Crippen molar-refractivity contribution in [2.45, 2.75) is 42.5 Å². The number of unbranched alkanes of at least 4 members (excludes halogenated alkanes) is 3. The van der Waals surface area contributed by atoms with E-state index in [2.05, 4.69) is 17.1 Å². The zero-order chi connectivity index (χ0) is 33.4. The number of halogens is 3. The van der Waals surface area contributed by atoms with E-state index >= 15 is 0 Å². The topological polar surface area (TPSA) is 103 Å². The van der Waals surface area contributed by atoms with Crippen molar-refractivity contribution in [1.82, 2.24) is 14.5 Å². The van der Waals surface area contributed by atoms with Gasteiger partial charge in [0.1, 0.15) is 15.4 Å². The first-order valence-electron chi connectivity index (χ1n) is 15.4. The minimum absolute atomic E-state index is 0.0786. The summed E-state index contributed by atoms with van der Waals surface area (Å²) in [7, 11) is -3.24. The number of alkyl halides is 2. The Kier molecular flexibility index (Phi) is 11.9. The van der Waals surface area contributed by atoms with Crippen molar-refractivity contribution in [2.24, 2.45) is 0 Å². The average Bonchev–Trinajstić information content (AvgIpc) is 3.36. The molecular formula is C34H36Cl3N3O5SSi. The molecule has 0 radical (unpaired) electrons. The molecule has 2 aliphatic heterocycles. The molecule has 0 atom stereocenters. The Morgan fingerprint density at radius 2 is 1.60 bits per heavy atom. The van der Waals surface area contributed by atoms with Crippen molar-refractivity contribution in [3.63, 3.8) is 0 Å². The highest BCUT2D eigenvalue weighted by Gasteiger charge is 2.22. The van der Waals surface area contributed by atoms with Crippen molar-refractivity contribution < 1.29 is 17.3 Å². The van der Waals surface area contributed by atoms with Gasteiger partial charge >= 0.3 is 0 Å². The molecule has 248 valence electrons. The lowest BCUT2D eigenvalue weighted by Crippen LogP contribution is -2.24. The summed E-state index contributed by atoms with van der Waals surface area (Å²) in [5, 5.41) is 0.445. The molecule has 2 heterocycles. The van der Waals surface area contributed by atoms with E-state index in [0.29, 0.717) is 64.8 Å². The zero-order valence-corrected chi connectivity index (χ0v) is 31.0. The molecule has 8 nitrogen and oxygen atoms in total. The van der Waals surface area contributed by atoms with E-state index in [0.717, 1.165) is 40.9 Å². The van der Waals surface area contributed by atoms with Crippen LogP contribution < -0.4 is 10.3 Å². The maximum Gasteiger partial charge on any atom is 0.278 e. The SMILES string of the molecule is O=c1c(Cc2ccc(OCCCCCCS(=O)(=O)OCC([SiH3])(Cl)Cl)c(Cl)c2)nc2c(Cc3ccccc3)[nH]c(-c3ccccc3)cn1-2. The van der Waals surface area contributed by atoms with Crippen molar-refractivity contribution in [2.75, 3.05) is 19.0 Å². The van der Waals surface area contributed by atoms with Crippen LogP contribution in [0.4, 0.5) is 0 Å². The van der Waals surface area contributed by atoms with Gasteiger partial charge in [-0.1, -0.05) is 91.2 Å². The zero-order valence-electron chi connectivity index (χ0n) is 25.9. The predicted octanol–water partition coefficient (Wildman–Crippen LogP) is 6.28. The van der Waals surface area contributed by atoms with Gasteiger partial charge in [0.2, 0.25) is 0 Å². The Bertz CT molecular complexity index is 1910. The lowest BCUT2D eigenvalue weighted by molar-refractivity contribution is 0.304. The fraction of sp³-hybridized carbons (Fsp3) is 0.294. The number of hydrogen-bond acceptors (Lipinski definition) is 6. The second kappa shape index (κ2) is 15.8. The second-order valence-electron chi connectivity index (χ2n) is 11.5. The van der Waals surface area contributed by atoms with Gasteiger partial charge in [-0.05, 0) is 41.7 Å². The van der Waals surface area contributed by atoms with E-state index in [1.165, 1.54) is 0 Å². The fourth-order valence-electron chi connectivity index (χ4n) is 5.11. The molecule has 13 heteroatoms. The summed E-state index contributed by atoms with van der Waals surface area (Å²) in [5.74, 6) is 1.06. The van der Waals surface area contributed by atoms with E-state index in [9.17, 15) is 13.2 Å². The van der Waals surface area contributed by atoms with Crippen molar-refractivity contribution in [3.05, 3.63) is 123 Å². The maximum absolute atomic E-state index is 13.6. The summed E-state index contributed by atoms with van der Waals surface area (Å²) in [6.07, 6.45) is 5.43. The van der Waals surface area contributed by atoms with Crippen molar-refractivity contribution >= 4 is 55.2 Å². The monoisotopic (exact) mass is 731 g/mol. The number of nitrogens with one attached hydrogen (secondary N) is 1. The Balaban J connectivity index is 1.21. The van der Waals surface area contributed by atoms with Crippen LogP contribution >= 0.6 is 34.8 Å². The number of hydrogen-bond donors (Lipinski definition) is 1. The van der Waals surface area contributed by atoms with E-state index in [1.54, 1.807) is 16.7 Å². The van der Waals surface area contributed by atoms with Gasteiger partial charge < -0.3 is 9.72 Å². The van der Waals surface area contributed by atoms with Crippen LogP contribution in [-0.4, -0.2) is 56.1 Å². The smallest absolute Gasteiger partial charge is 0.278 e. The average molecular weight is 733 g/mol. The number of fused-ring (bicyclic) bond motifs is 1. The summed E-state index contributed by atoms with van der Waals surface area (Å²) >= 11 is 18.2. The molecule has 47 heavy (non-hydrogen) atoms. The Morgan fingerprint density at radius 3 is 2.30 bits per heavy atom. The number of ether oxygens (including phenoxy) is 1. The lowest BCUT2D eigenvalue weighted by atomic mass is 10.1. The Hall–Kier alpha value is -3.12. The molecule has 0 bridgehead atoms. The normalized spacial score (nSPS) is 12.1. The van der Waals surface area contributed by atoms with Crippen LogP contribution in [0, 0.1) is 0 Å². The largest absolute Gasteiger partial charge is 0.492 e. The summed E-state index contributed by atoms with van der Waals surface area (Å²) in [5.41, 5.74) is 4.86. The molecule has 0 unspecified atom stereocenters. The van der Waals surface area contributed by atoms with Crippen LogP contribution in [0.3, 0.4) is 0 Å². The van der Waals surface area contributed by atoms with Gasteiger partial charge in [-0.25, -0.2) is 4.98 Å². The molecule has 2 aliphatic rings. The van der Waals surface area contributed by atoms with E-state index in [1.807, 2.05) is 60.8 Å². The van der Waals surface area contributed by atoms with Crippen LogP contribution in [0.1, 0.15) is 48.2 Å². The number of imidazole rings is 1. The fourth-order valence-corrected chi connectivity index (χ4v) is 7.05. The predicted molar refractivity (Wildman–Crippen MR) is 192 cm³/mol. The third kappa shape index (κ3) is 10.2. The highest BCUT2D eigenvalue weighted by molar-refractivity contribution is 7.86. The van der Waals surface area contributed by atoms with Crippen LogP contribution in [0.15, 0.2) is 89.9 Å². The van der Waals surface area contributed by atoms with Gasteiger partial charge in [0.15, 0.2) is 5.82 Å². The number of aromatic amines is 1. The molecule has 0 amide bonds. The van der Waals surface area contributed by atoms with Gasteiger partial charge in [-0.15, -0.1) is 23.2 Å². The van der Waals surface area contributed by atoms with Gasteiger partial charge in [0, 0.05) is 19.0 Å². The molecule has 0 aliphatic carbocycles. The molecule has 0 fully saturated rings. The molecule has 3 aromatic rings. The molecule has 0 saturated carbocycles. The molecule has 0 spiro atoms. The van der Waals surface area contributed by atoms with Crippen LogP contribution in [0.25, 0.3) is 17.1 Å². The van der Waals surface area contributed by atoms with Crippen LogP contribution in [-0.2, 0) is 27.1 Å². The van der Waals surface area contributed by atoms with Crippen molar-refractivity contribution in [3.8, 4) is 22.8 Å². The summed E-state index contributed by atoms with van der Waals surface area (Å²) in [4.78, 5) is 22.0. The van der Waals surface area contributed by atoms with E-state index in [-0.39, 0.29) is 17.9 Å². The highest BCUT2D eigenvalue weighted by Crippen LogP contribution is 2.28. The standard InChI is InChI=1S/C34H36Cl3N3O5SSi/c35-27-19-25(15-16-31(27)44-17-9-1-2-10-18-46(42,43)45-23-34(36,37)47)21-29-33(41)40-22-30(26-13-7-4-8-14-26)38-28(32(40)39-29)20-24-11-5-3-6-12-24/h3-8,11-16,19,22,38H,1-2,9-10,17-18,20-21,23H2,47H3. The third-order valence-electron chi connectivity index (χ3n) is 7.46. The first kappa shape index (κ1) is 35.2. The summed E-state index contributed by atoms with van der Waals surface area (Å²) in [6, 6.07) is 25.5. The molecular weight excluding hydrogens is 697 g/mol. The first-order chi connectivity index (χ1) is 22.5. The first-order valence-corrected chi connectivity index (χ1v) is 19.1. The number of aromatic nitrogens is 3. The van der Waals surface area contributed by atoms with Gasteiger partial charge in [-0.2, -0.15) is 8.42 Å². The minimum Gasteiger partial charge on any atom is -0.492 e. The molecule has 0 aromatic heterocycles. The third-order valence-corrected chi connectivity index (χ3v) is 9.53. The number of nitrogens with zero attached hydrogens (tertiary/aromatic N) is 2. The quantitative estimate of drug-likeness (QED) is 0.0555. The minimum atomic E-state index is -3.64. The number of H-pyrrole nitrogens is 1. The van der Waals surface area contributed by atoms with Crippen LogP contribution in [0.2, 0.25) is 5.02 Å².